The number of benzene rings is 1. The van der Waals surface area contributed by atoms with Crippen LogP contribution in [0.25, 0.3) is 0 Å². The number of anilines is 1. The summed E-state index contributed by atoms with van der Waals surface area (Å²) in [6.45, 7) is 8.13. The Morgan fingerprint density at radius 3 is 2.42 bits per heavy atom. The molecule has 136 valence electrons. The van der Waals surface area contributed by atoms with E-state index in [4.69, 9.17) is 0 Å². The number of hydrogen-bond acceptors (Lipinski definition) is 4. The van der Waals surface area contributed by atoms with Gasteiger partial charge in [-0.15, -0.1) is 0 Å². The molecule has 0 saturated carbocycles. The maximum atomic E-state index is 12.5. The molecule has 0 amide bonds. The van der Waals surface area contributed by atoms with E-state index >= 15 is 0 Å². The summed E-state index contributed by atoms with van der Waals surface area (Å²) in [5, 5.41) is 0. The second-order valence-corrected chi connectivity index (χ2v) is 10.5. The summed E-state index contributed by atoms with van der Waals surface area (Å²) in [7, 11) is -6.92. The molecule has 6 nitrogen and oxygen atoms in total. The molecule has 0 unspecified atom stereocenters. The van der Waals surface area contributed by atoms with Crippen LogP contribution < -0.4 is 9.03 Å². The van der Waals surface area contributed by atoms with Crippen molar-refractivity contribution < 1.29 is 16.8 Å². The van der Waals surface area contributed by atoms with Crippen LogP contribution in [0.1, 0.15) is 37.8 Å². The van der Waals surface area contributed by atoms with Crippen molar-refractivity contribution in [2.24, 2.45) is 5.92 Å². The Hall–Kier alpha value is -1.12. The summed E-state index contributed by atoms with van der Waals surface area (Å²) in [6, 6.07) is 3.24. The lowest BCUT2D eigenvalue weighted by Gasteiger charge is -2.30. The predicted octanol–water partition coefficient (Wildman–Crippen LogP) is 2.17. The lowest BCUT2D eigenvalue weighted by atomic mass is 10.1. The fourth-order valence-corrected chi connectivity index (χ4v) is 5.96. The molecule has 0 aliphatic carbocycles. The van der Waals surface area contributed by atoms with Gasteiger partial charge < -0.3 is 0 Å². The van der Waals surface area contributed by atoms with Crippen molar-refractivity contribution in [3.8, 4) is 0 Å². The molecule has 0 aromatic heterocycles. The summed E-state index contributed by atoms with van der Waals surface area (Å²) in [5.41, 5.74) is 1.78. The van der Waals surface area contributed by atoms with Gasteiger partial charge in [0.05, 0.1) is 16.3 Å². The molecule has 1 aromatic carbocycles. The number of nitrogens with zero attached hydrogens (tertiary/aromatic N) is 1. The zero-order valence-corrected chi connectivity index (χ0v) is 16.3. The smallest absolute Gasteiger partial charge is 0.240 e. The van der Waals surface area contributed by atoms with Crippen LogP contribution >= 0.6 is 0 Å². The maximum Gasteiger partial charge on any atom is 0.240 e. The average molecular weight is 375 g/mol. The van der Waals surface area contributed by atoms with Gasteiger partial charge in [-0.3, -0.25) is 4.31 Å². The Morgan fingerprint density at radius 1 is 1.17 bits per heavy atom. The number of aryl methyl sites for hydroxylation is 2. The fraction of sp³-hybridized carbons (Fsp3) is 0.625. The summed E-state index contributed by atoms with van der Waals surface area (Å²) in [4.78, 5) is 0.207. The van der Waals surface area contributed by atoms with E-state index in [1.807, 2.05) is 13.8 Å². The van der Waals surface area contributed by atoms with Crippen LogP contribution in [-0.4, -0.2) is 35.7 Å². The van der Waals surface area contributed by atoms with Crippen LogP contribution in [0.3, 0.4) is 0 Å². The van der Waals surface area contributed by atoms with Gasteiger partial charge in [0.1, 0.15) is 0 Å². The van der Waals surface area contributed by atoms with Gasteiger partial charge in [0.2, 0.25) is 20.0 Å². The second kappa shape index (κ2) is 7.01. The quantitative estimate of drug-likeness (QED) is 0.856. The normalized spacial score (nSPS) is 18.1. The van der Waals surface area contributed by atoms with E-state index < -0.39 is 20.0 Å². The number of hydrogen-bond donors (Lipinski definition) is 1. The van der Waals surface area contributed by atoms with Gasteiger partial charge in [-0.1, -0.05) is 13.8 Å². The lowest BCUT2D eigenvalue weighted by molar-refractivity contribution is 0.559. The molecule has 24 heavy (non-hydrogen) atoms. The van der Waals surface area contributed by atoms with Crippen LogP contribution in [0.4, 0.5) is 5.69 Å². The Bertz CT molecular complexity index is 815. The van der Waals surface area contributed by atoms with Crippen molar-refractivity contribution in [2.45, 2.75) is 45.4 Å². The molecule has 0 spiro atoms. The fourth-order valence-electron chi connectivity index (χ4n) is 2.75. The van der Waals surface area contributed by atoms with Crippen molar-refractivity contribution in [3.63, 3.8) is 0 Å². The summed E-state index contributed by atoms with van der Waals surface area (Å²) in [5.74, 6) is 0.348. The zero-order valence-electron chi connectivity index (χ0n) is 14.7. The number of nitrogens with one attached hydrogen (secondary N) is 1. The summed E-state index contributed by atoms with van der Waals surface area (Å²) in [6.07, 6.45) is 1.48. The number of rotatable bonds is 5. The van der Waals surface area contributed by atoms with Crippen molar-refractivity contribution >= 4 is 25.7 Å². The Labute approximate surface area is 145 Å². The van der Waals surface area contributed by atoms with Crippen molar-refractivity contribution in [1.29, 1.82) is 0 Å². The monoisotopic (exact) mass is 374 g/mol. The molecule has 1 aromatic rings. The third kappa shape index (κ3) is 4.10. The molecule has 8 heteroatoms. The molecular formula is C16H26N2O4S2. The first-order valence-corrected chi connectivity index (χ1v) is 11.2. The SMILES string of the molecule is Cc1cc(S(=O)(=O)NCC(C)C)c(C)cc1N1CCCCS1(=O)=O. The standard InChI is InChI=1S/C16H26N2O4S2/c1-12(2)11-17-24(21,22)16-10-13(3)15(9-14(16)4)18-7-5-6-8-23(18,19)20/h9-10,12,17H,5-8,11H2,1-4H3. The third-order valence-electron chi connectivity index (χ3n) is 4.08. The van der Waals surface area contributed by atoms with E-state index in [9.17, 15) is 16.8 Å². The van der Waals surface area contributed by atoms with E-state index in [1.165, 1.54) is 4.31 Å². The van der Waals surface area contributed by atoms with E-state index in [0.29, 0.717) is 36.3 Å². The molecule has 1 aliphatic heterocycles. The van der Waals surface area contributed by atoms with Crippen molar-refractivity contribution in [3.05, 3.63) is 23.3 Å². The topological polar surface area (TPSA) is 83.6 Å². The van der Waals surface area contributed by atoms with Gasteiger partial charge >= 0.3 is 0 Å². The molecule has 1 N–H and O–H groups in total. The molecule has 0 bridgehead atoms. The van der Waals surface area contributed by atoms with Crippen LogP contribution in [0.5, 0.6) is 0 Å². The van der Waals surface area contributed by atoms with Crippen LogP contribution in [-0.2, 0) is 20.0 Å². The first-order valence-electron chi connectivity index (χ1n) is 8.16. The van der Waals surface area contributed by atoms with Gasteiger partial charge in [0, 0.05) is 13.1 Å². The van der Waals surface area contributed by atoms with Crippen molar-refractivity contribution in [1.82, 2.24) is 4.72 Å². The molecular weight excluding hydrogens is 348 g/mol. The van der Waals surface area contributed by atoms with Crippen LogP contribution in [0.15, 0.2) is 17.0 Å². The van der Waals surface area contributed by atoms with E-state index in [2.05, 4.69) is 4.72 Å². The van der Waals surface area contributed by atoms with E-state index in [0.717, 1.165) is 6.42 Å². The molecule has 1 saturated heterocycles. The first-order chi connectivity index (χ1) is 11.0. The lowest BCUT2D eigenvalue weighted by Crippen LogP contribution is -2.38. The van der Waals surface area contributed by atoms with Gasteiger partial charge in [-0.25, -0.2) is 21.6 Å². The predicted molar refractivity (Wildman–Crippen MR) is 96.3 cm³/mol. The average Bonchev–Trinajstić information content (AvgIpc) is 2.47. The minimum Gasteiger partial charge on any atom is -0.270 e. The third-order valence-corrected chi connectivity index (χ3v) is 7.50. The molecule has 0 radical (unpaired) electrons. The van der Waals surface area contributed by atoms with Crippen LogP contribution in [0.2, 0.25) is 0 Å². The van der Waals surface area contributed by atoms with Crippen molar-refractivity contribution in [2.75, 3.05) is 23.1 Å². The molecule has 1 fully saturated rings. The highest BCUT2D eigenvalue weighted by Gasteiger charge is 2.28. The zero-order chi connectivity index (χ0) is 18.1. The van der Waals surface area contributed by atoms with Crippen LogP contribution in [0, 0.1) is 19.8 Å². The second-order valence-electron chi connectivity index (χ2n) is 6.75. The largest absolute Gasteiger partial charge is 0.270 e. The minimum absolute atomic E-state index is 0.140. The Balaban J connectivity index is 2.42. The Morgan fingerprint density at radius 2 is 1.83 bits per heavy atom. The van der Waals surface area contributed by atoms with E-state index in [-0.39, 0.29) is 16.6 Å². The number of sulfonamides is 2. The minimum atomic E-state index is -3.60. The molecule has 0 atom stereocenters. The summed E-state index contributed by atoms with van der Waals surface area (Å²) < 4.78 is 53.6. The molecule has 2 rings (SSSR count). The van der Waals surface area contributed by atoms with Gasteiger partial charge in [-0.2, -0.15) is 0 Å². The molecule has 1 aliphatic rings. The highest BCUT2D eigenvalue weighted by molar-refractivity contribution is 7.92. The van der Waals surface area contributed by atoms with Gasteiger partial charge in [-0.05, 0) is 55.9 Å². The Kier molecular flexibility index (Phi) is 5.61. The first kappa shape index (κ1) is 19.2. The maximum absolute atomic E-state index is 12.5. The highest BCUT2D eigenvalue weighted by Crippen LogP contribution is 2.31. The van der Waals surface area contributed by atoms with E-state index in [1.54, 1.807) is 26.0 Å². The van der Waals surface area contributed by atoms with Gasteiger partial charge in [0.25, 0.3) is 0 Å². The molecule has 1 heterocycles. The highest BCUT2D eigenvalue weighted by atomic mass is 32.2. The summed E-state index contributed by atoms with van der Waals surface area (Å²) >= 11 is 0. The van der Waals surface area contributed by atoms with Gasteiger partial charge in [0.15, 0.2) is 0 Å².